The van der Waals surface area contributed by atoms with Crippen LogP contribution in [0.25, 0.3) is 0 Å². The van der Waals surface area contributed by atoms with Crippen LogP contribution >= 0.6 is 0 Å². The van der Waals surface area contributed by atoms with Crippen LogP contribution in [0, 0.1) is 5.92 Å². The van der Waals surface area contributed by atoms with E-state index in [1.54, 1.807) is 0 Å². The molecule has 0 aromatic heterocycles. The average Bonchev–Trinajstić information content (AvgIpc) is 2.74. The summed E-state index contributed by atoms with van der Waals surface area (Å²) in [7, 11) is 0. The van der Waals surface area contributed by atoms with E-state index in [9.17, 15) is 4.79 Å². The van der Waals surface area contributed by atoms with Crippen LogP contribution in [0.3, 0.4) is 0 Å². The lowest BCUT2D eigenvalue weighted by atomic mass is 9.59. The van der Waals surface area contributed by atoms with Crippen LogP contribution in [-0.2, 0) is 23.2 Å². The predicted octanol–water partition coefficient (Wildman–Crippen LogP) is 6.55. The Bertz CT molecular complexity index is 933. The molecule has 1 fully saturated rings. The van der Waals surface area contributed by atoms with Crippen molar-refractivity contribution in [1.29, 1.82) is 0 Å². The van der Waals surface area contributed by atoms with E-state index in [0.29, 0.717) is 12.5 Å². The number of hydrogen-bond acceptors (Lipinski definition) is 3. The molecular formula is C28H37NO3. The summed E-state index contributed by atoms with van der Waals surface area (Å²) >= 11 is 0. The van der Waals surface area contributed by atoms with Crippen molar-refractivity contribution in [3.8, 4) is 5.75 Å². The lowest BCUT2D eigenvalue weighted by Gasteiger charge is -2.49. The van der Waals surface area contributed by atoms with Crippen molar-refractivity contribution < 1.29 is 14.3 Å². The molecule has 1 N–H and O–H groups in total. The molecule has 0 heterocycles. The first-order valence-electron chi connectivity index (χ1n) is 12.0. The molecule has 0 aliphatic heterocycles. The van der Waals surface area contributed by atoms with E-state index in [1.165, 1.54) is 30.4 Å². The van der Waals surface area contributed by atoms with Crippen LogP contribution in [0.5, 0.6) is 5.75 Å². The number of carbonyl (C=O) groups is 1. The molecule has 1 amide bonds. The Morgan fingerprint density at radius 3 is 2.62 bits per heavy atom. The van der Waals surface area contributed by atoms with Gasteiger partial charge in [0.15, 0.2) is 0 Å². The molecule has 172 valence electrons. The Labute approximate surface area is 192 Å². The van der Waals surface area contributed by atoms with Gasteiger partial charge >= 0.3 is 6.09 Å². The highest BCUT2D eigenvalue weighted by Gasteiger charge is 2.47. The van der Waals surface area contributed by atoms with Crippen molar-refractivity contribution in [3.63, 3.8) is 0 Å². The van der Waals surface area contributed by atoms with Crippen molar-refractivity contribution in [2.24, 2.45) is 5.92 Å². The molecule has 0 radical (unpaired) electrons. The predicted molar refractivity (Wildman–Crippen MR) is 128 cm³/mol. The van der Waals surface area contributed by atoms with Gasteiger partial charge in [0.25, 0.3) is 0 Å². The molecule has 4 nitrogen and oxygen atoms in total. The van der Waals surface area contributed by atoms with E-state index < -0.39 is 5.60 Å². The number of benzene rings is 2. The third kappa shape index (κ3) is 5.11. The fraction of sp³-hybridized carbons (Fsp3) is 0.536. The summed E-state index contributed by atoms with van der Waals surface area (Å²) in [5.74, 6) is 1.32. The zero-order chi connectivity index (χ0) is 22.8. The van der Waals surface area contributed by atoms with Gasteiger partial charge in [-0.3, -0.25) is 0 Å². The van der Waals surface area contributed by atoms with Crippen molar-refractivity contribution in [3.05, 3.63) is 65.2 Å². The zero-order valence-electron chi connectivity index (χ0n) is 19.9. The first-order valence-corrected chi connectivity index (χ1v) is 12.0. The second-order valence-corrected chi connectivity index (χ2v) is 10.7. The highest BCUT2D eigenvalue weighted by Crippen LogP contribution is 2.47. The van der Waals surface area contributed by atoms with Crippen LogP contribution in [0.1, 0.15) is 76.5 Å². The number of fused-ring (bicyclic) bond motifs is 4. The van der Waals surface area contributed by atoms with Crippen LogP contribution < -0.4 is 10.1 Å². The Hall–Kier alpha value is -2.49. The van der Waals surface area contributed by atoms with Gasteiger partial charge in [0, 0.05) is 11.5 Å². The zero-order valence-corrected chi connectivity index (χ0v) is 19.9. The number of ether oxygens (including phenoxy) is 2. The number of hydrogen-bond donors (Lipinski definition) is 1. The monoisotopic (exact) mass is 435 g/mol. The van der Waals surface area contributed by atoms with Gasteiger partial charge in [0.1, 0.15) is 18.0 Å². The first kappa shape index (κ1) is 22.7. The molecule has 2 bridgehead atoms. The third-order valence-electron chi connectivity index (χ3n) is 7.03. The van der Waals surface area contributed by atoms with Gasteiger partial charge < -0.3 is 14.8 Å². The molecule has 0 unspecified atom stereocenters. The summed E-state index contributed by atoms with van der Waals surface area (Å²) in [4.78, 5) is 12.8. The van der Waals surface area contributed by atoms with Crippen LogP contribution in [0.2, 0.25) is 0 Å². The third-order valence-corrected chi connectivity index (χ3v) is 7.03. The highest BCUT2D eigenvalue weighted by molar-refractivity contribution is 5.69. The number of nitrogens with one attached hydrogen (secondary N) is 1. The summed E-state index contributed by atoms with van der Waals surface area (Å²) in [5, 5.41) is 3.30. The molecule has 0 saturated heterocycles. The lowest BCUT2D eigenvalue weighted by Crippen LogP contribution is -2.57. The Morgan fingerprint density at radius 2 is 1.88 bits per heavy atom. The first-order chi connectivity index (χ1) is 15.2. The maximum Gasteiger partial charge on any atom is 0.407 e. The van der Waals surface area contributed by atoms with E-state index >= 15 is 0 Å². The summed E-state index contributed by atoms with van der Waals surface area (Å²) in [6, 6.07) is 16.9. The minimum atomic E-state index is -0.502. The molecule has 2 aliphatic carbocycles. The van der Waals surface area contributed by atoms with Crippen molar-refractivity contribution in [2.75, 3.05) is 0 Å². The van der Waals surface area contributed by atoms with Gasteiger partial charge in [-0.25, -0.2) is 4.79 Å². The maximum absolute atomic E-state index is 12.8. The van der Waals surface area contributed by atoms with Crippen LogP contribution in [-0.4, -0.2) is 17.7 Å². The smallest absolute Gasteiger partial charge is 0.407 e. The largest absolute Gasteiger partial charge is 0.489 e. The van der Waals surface area contributed by atoms with E-state index in [-0.39, 0.29) is 17.6 Å². The topological polar surface area (TPSA) is 47.6 Å². The minimum absolute atomic E-state index is 0.0644. The van der Waals surface area contributed by atoms with Gasteiger partial charge in [-0.05, 0) is 74.8 Å². The maximum atomic E-state index is 12.8. The Morgan fingerprint density at radius 1 is 1.09 bits per heavy atom. The molecule has 2 aromatic carbocycles. The van der Waals surface area contributed by atoms with E-state index in [1.807, 2.05) is 39.0 Å². The normalized spacial score (nSPS) is 25.1. The summed E-state index contributed by atoms with van der Waals surface area (Å²) < 4.78 is 11.8. The van der Waals surface area contributed by atoms with Gasteiger partial charge in [0.2, 0.25) is 0 Å². The second-order valence-electron chi connectivity index (χ2n) is 10.7. The number of alkyl carbamates (subject to hydrolysis) is 1. The quantitative estimate of drug-likeness (QED) is 0.592. The van der Waals surface area contributed by atoms with Gasteiger partial charge in [-0.1, -0.05) is 62.6 Å². The Balaban J connectivity index is 1.61. The van der Waals surface area contributed by atoms with Gasteiger partial charge in [0.05, 0.1) is 0 Å². The fourth-order valence-electron chi connectivity index (χ4n) is 5.53. The van der Waals surface area contributed by atoms with Crippen LogP contribution in [0.4, 0.5) is 4.79 Å². The van der Waals surface area contributed by atoms with Crippen molar-refractivity contribution >= 4 is 6.09 Å². The van der Waals surface area contributed by atoms with Gasteiger partial charge in [-0.15, -0.1) is 0 Å². The molecule has 32 heavy (non-hydrogen) atoms. The number of amides is 1. The molecule has 2 aromatic rings. The van der Waals surface area contributed by atoms with E-state index in [4.69, 9.17) is 9.47 Å². The SMILES string of the molecule is CC(C)(C)OC(=O)N[C@H]1[C@H]2CCCCC[C@]1(C)c1cc(OCc3ccccc3)ccc1C2. The molecule has 3 atom stereocenters. The highest BCUT2D eigenvalue weighted by atomic mass is 16.6. The lowest BCUT2D eigenvalue weighted by molar-refractivity contribution is 0.0417. The molecule has 0 spiro atoms. The molecule has 4 rings (SSSR count). The number of rotatable bonds is 4. The van der Waals surface area contributed by atoms with Crippen LogP contribution in [0.15, 0.2) is 48.5 Å². The summed E-state index contributed by atoms with van der Waals surface area (Å²) in [6.45, 7) is 8.63. The van der Waals surface area contributed by atoms with Crippen molar-refractivity contribution in [1.82, 2.24) is 5.32 Å². The summed E-state index contributed by atoms with van der Waals surface area (Å²) in [5.41, 5.74) is 3.24. The fourth-order valence-corrected chi connectivity index (χ4v) is 5.53. The standard InChI is InChI=1S/C28H37NO3/c1-27(2,3)32-26(30)29-25-22-13-9-6-10-16-28(25,4)24-18-23(15-14-21(24)17-22)31-19-20-11-7-5-8-12-20/h5,7-8,11-12,14-15,18,22,25H,6,9-10,13,16-17,19H2,1-4H3,(H,29,30)/t22-,25-,28+/m0/s1. The molecule has 1 saturated carbocycles. The Kier molecular flexibility index (Phi) is 6.50. The number of carbonyl (C=O) groups excluding carboxylic acids is 1. The second kappa shape index (κ2) is 9.17. The minimum Gasteiger partial charge on any atom is -0.489 e. The molecule has 4 heteroatoms. The van der Waals surface area contributed by atoms with Gasteiger partial charge in [-0.2, -0.15) is 0 Å². The molecular weight excluding hydrogens is 398 g/mol. The summed E-state index contributed by atoms with van der Waals surface area (Å²) in [6.07, 6.45) is 6.53. The average molecular weight is 436 g/mol. The molecule has 2 aliphatic rings. The van der Waals surface area contributed by atoms with E-state index in [2.05, 4.69) is 42.6 Å². The van der Waals surface area contributed by atoms with E-state index in [0.717, 1.165) is 30.6 Å². The van der Waals surface area contributed by atoms with Crippen molar-refractivity contribution in [2.45, 2.75) is 89.9 Å².